The molecule has 11 aromatic rings. The van der Waals surface area contributed by atoms with Gasteiger partial charge < -0.3 is 9.13 Å². The Morgan fingerprint density at radius 1 is 0.315 bits per heavy atom. The van der Waals surface area contributed by atoms with Crippen molar-refractivity contribution in [3.05, 3.63) is 194 Å². The fraction of sp³-hybridized carbons (Fsp3) is 0. The monoisotopic (exact) mass is 688 g/mol. The summed E-state index contributed by atoms with van der Waals surface area (Å²) in [6.07, 6.45) is 0. The largest absolute Gasteiger partial charge is 0.309 e. The van der Waals surface area contributed by atoms with Crippen LogP contribution in [0.1, 0.15) is 0 Å². The Morgan fingerprint density at radius 2 is 0.815 bits per heavy atom. The highest BCUT2D eigenvalue weighted by Crippen LogP contribution is 2.42. The van der Waals surface area contributed by atoms with Crippen LogP contribution < -0.4 is 0 Å². The van der Waals surface area contributed by atoms with E-state index in [4.69, 9.17) is 9.97 Å². The maximum Gasteiger partial charge on any atom is 0.160 e. The van der Waals surface area contributed by atoms with Crippen LogP contribution in [-0.2, 0) is 0 Å². The van der Waals surface area contributed by atoms with Crippen molar-refractivity contribution in [2.45, 2.75) is 0 Å². The minimum atomic E-state index is 0.704. The van der Waals surface area contributed by atoms with E-state index in [1.165, 1.54) is 49.2 Å². The van der Waals surface area contributed by atoms with Gasteiger partial charge in [-0.1, -0.05) is 121 Å². The van der Waals surface area contributed by atoms with E-state index in [0.717, 1.165) is 44.7 Å². The van der Waals surface area contributed by atoms with E-state index in [1.807, 2.05) is 12.1 Å². The van der Waals surface area contributed by atoms with Crippen molar-refractivity contribution in [2.75, 3.05) is 0 Å². The lowest BCUT2D eigenvalue weighted by molar-refractivity contribution is 1.17. The maximum absolute atomic E-state index is 5.21. The van der Waals surface area contributed by atoms with Crippen molar-refractivity contribution in [2.24, 2.45) is 0 Å². The van der Waals surface area contributed by atoms with E-state index >= 15 is 0 Å². The normalized spacial score (nSPS) is 11.7. The zero-order chi connectivity index (χ0) is 35.6. The summed E-state index contributed by atoms with van der Waals surface area (Å²) in [6.45, 7) is 0. The summed E-state index contributed by atoms with van der Waals surface area (Å²) in [5.41, 5.74) is 13.2. The second kappa shape index (κ2) is 12.1. The number of rotatable bonds is 5. The van der Waals surface area contributed by atoms with Crippen LogP contribution >= 0.6 is 0 Å². The molecular formula is C50H32N4. The first-order valence-corrected chi connectivity index (χ1v) is 18.3. The minimum Gasteiger partial charge on any atom is -0.309 e. The molecule has 0 N–H and O–H groups in total. The smallest absolute Gasteiger partial charge is 0.160 e. The summed E-state index contributed by atoms with van der Waals surface area (Å²) in [5.74, 6) is 0.704. The topological polar surface area (TPSA) is 35.6 Å². The number of para-hydroxylation sites is 3. The number of fused-ring (bicyclic) bond motifs is 8. The van der Waals surface area contributed by atoms with Crippen LogP contribution in [0.25, 0.3) is 99.7 Å². The SMILES string of the molecule is c1ccc(-c2ccc3c(-c4ccccc4)nc(-c4ccc(-n5c6ccccc6c6c7c8ccccc8n(-c8ccccc8)c7ccc65)cc4)nc3c2)cc1. The molecule has 54 heavy (non-hydrogen) atoms. The Bertz CT molecular complexity index is 3180. The van der Waals surface area contributed by atoms with Crippen molar-refractivity contribution in [3.63, 3.8) is 0 Å². The maximum atomic E-state index is 5.21. The summed E-state index contributed by atoms with van der Waals surface area (Å²) in [5, 5.41) is 6.05. The van der Waals surface area contributed by atoms with Crippen molar-refractivity contribution in [1.29, 1.82) is 0 Å². The lowest BCUT2D eigenvalue weighted by Crippen LogP contribution is -1.97. The molecule has 0 aliphatic heterocycles. The van der Waals surface area contributed by atoms with Crippen molar-refractivity contribution in [3.8, 4) is 45.1 Å². The highest BCUT2D eigenvalue weighted by molar-refractivity contribution is 6.28. The molecule has 0 aliphatic rings. The van der Waals surface area contributed by atoms with E-state index in [-0.39, 0.29) is 0 Å². The number of benzene rings is 8. The molecular weight excluding hydrogens is 657 g/mol. The Labute approximate surface area is 311 Å². The molecule has 0 atom stereocenters. The highest BCUT2D eigenvalue weighted by Gasteiger charge is 2.20. The second-order valence-corrected chi connectivity index (χ2v) is 13.8. The summed E-state index contributed by atoms with van der Waals surface area (Å²) < 4.78 is 4.78. The van der Waals surface area contributed by atoms with E-state index in [0.29, 0.717) is 5.82 Å². The molecule has 0 saturated carbocycles. The zero-order valence-corrected chi connectivity index (χ0v) is 29.3. The van der Waals surface area contributed by atoms with E-state index in [1.54, 1.807) is 0 Å². The van der Waals surface area contributed by atoms with Crippen molar-refractivity contribution in [1.82, 2.24) is 19.1 Å². The Hall–Kier alpha value is -7.30. The molecule has 252 valence electrons. The minimum absolute atomic E-state index is 0.704. The lowest BCUT2D eigenvalue weighted by atomic mass is 10.0. The molecule has 0 saturated heterocycles. The second-order valence-electron chi connectivity index (χ2n) is 13.8. The fourth-order valence-corrected chi connectivity index (χ4v) is 8.30. The van der Waals surface area contributed by atoms with Crippen LogP contribution in [0, 0.1) is 0 Å². The van der Waals surface area contributed by atoms with E-state index in [9.17, 15) is 0 Å². The van der Waals surface area contributed by atoms with Crippen LogP contribution in [0.15, 0.2) is 194 Å². The van der Waals surface area contributed by atoms with Gasteiger partial charge in [0.25, 0.3) is 0 Å². The van der Waals surface area contributed by atoms with Gasteiger partial charge in [-0.15, -0.1) is 0 Å². The average Bonchev–Trinajstić information content (AvgIpc) is 3.77. The highest BCUT2D eigenvalue weighted by atomic mass is 15.0. The van der Waals surface area contributed by atoms with Gasteiger partial charge in [-0.25, -0.2) is 9.97 Å². The quantitative estimate of drug-likeness (QED) is 0.180. The molecule has 4 heteroatoms. The van der Waals surface area contributed by atoms with E-state index < -0.39 is 0 Å². The third-order valence-electron chi connectivity index (χ3n) is 10.7. The number of aromatic nitrogens is 4. The average molecular weight is 689 g/mol. The Morgan fingerprint density at radius 3 is 1.43 bits per heavy atom. The van der Waals surface area contributed by atoms with Gasteiger partial charge in [0.1, 0.15) is 0 Å². The molecule has 3 heterocycles. The predicted molar refractivity (Wildman–Crippen MR) is 225 cm³/mol. The van der Waals surface area contributed by atoms with E-state index in [2.05, 4.69) is 191 Å². The molecule has 0 amide bonds. The molecule has 0 aliphatic carbocycles. The van der Waals surface area contributed by atoms with Gasteiger partial charge >= 0.3 is 0 Å². The predicted octanol–water partition coefficient (Wildman–Crippen LogP) is 12.8. The van der Waals surface area contributed by atoms with Gasteiger partial charge in [0.15, 0.2) is 5.82 Å². The van der Waals surface area contributed by atoms with Gasteiger partial charge in [-0.05, 0) is 83.9 Å². The van der Waals surface area contributed by atoms with Gasteiger partial charge in [0.05, 0.1) is 33.3 Å². The molecule has 0 unspecified atom stereocenters. The first-order chi connectivity index (χ1) is 26.8. The first-order valence-electron chi connectivity index (χ1n) is 18.3. The van der Waals surface area contributed by atoms with Crippen LogP contribution in [-0.4, -0.2) is 19.1 Å². The third kappa shape index (κ3) is 4.70. The zero-order valence-electron chi connectivity index (χ0n) is 29.3. The van der Waals surface area contributed by atoms with Gasteiger partial charge in [-0.3, -0.25) is 0 Å². The number of hydrogen-bond acceptors (Lipinski definition) is 2. The van der Waals surface area contributed by atoms with Crippen LogP contribution in [0.2, 0.25) is 0 Å². The molecule has 0 spiro atoms. The standard InChI is InChI=1S/C50H32N4/c1-4-14-33(15-5-1)36-26-29-39-42(32-36)51-50(52-49(39)34-16-6-2-7-17-34)35-24-27-38(28-25-35)54-44-23-13-11-21-41(44)48-46(54)31-30-45-47(48)40-20-10-12-22-43(40)53(45)37-18-8-3-9-19-37/h1-32H. The molecule has 0 bridgehead atoms. The number of nitrogens with zero attached hydrogens (tertiary/aromatic N) is 4. The molecule has 8 aromatic carbocycles. The van der Waals surface area contributed by atoms with Crippen LogP contribution in [0.3, 0.4) is 0 Å². The molecule has 4 nitrogen and oxygen atoms in total. The van der Waals surface area contributed by atoms with Crippen molar-refractivity contribution < 1.29 is 0 Å². The summed E-state index contributed by atoms with van der Waals surface area (Å²) in [7, 11) is 0. The Kier molecular flexibility index (Phi) is 6.82. The molecule has 0 radical (unpaired) electrons. The van der Waals surface area contributed by atoms with Crippen LogP contribution in [0.4, 0.5) is 0 Å². The van der Waals surface area contributed by atoms with Gasteiger partial charge in [0, 0.05) is 49.4 Å². The summed E-state index contributed by atoms with van der Waals surface area (Å²) >= 11 is 0. The van der Waals surface area contributed by atoms with Gasteiger partial charge in [-0.2, -0.15) is 0 Å². The van der Waals surface area contributed by atoms with Crippen molar-refractivity contribution >= 4 is 54.5 Å². The van der Waals surface area contributed by atoms with Gasteiger partial charge in [0.2, 0.25) is 0 Å². The van der Waals surface area contributed by atoms with Crippen LogP contribution in [0.5, 0.6) is 0 Å². The third-order valence-corrected chi connectivity index (χ3v) is 10.7. The molecule has 3 aromatic heterocycles. The lowest BCUT2D eigenvalue weighted by Gasteiger charge is -2.12. The number of hydrogen-bond donors (Lipinski definition) is 0. The molecule has 0 fully saturated rings. The summed E-state index contributed by atoms with van der Waals surface area (Å²) in [4.78, 5) is 10.4. The first kappa shape index (κ1) is 30.3. The molecule has 11 rings (SSSR count). The fourth-order valence-electron chi connectivity index (χ4n) is 8.30. The Balaban J connectivity index is 1.09. The summed E-state index contributed by atoms with van der Waals surface area (Å²) in [6, 6.07) is 68.9.